The van der Waals surface area contributed by atoms with Crippen molar-refractivity contribution in [1.82, 2.24) is 0 Å². The Bertz CT molecular complexity index is 283. The number of hydrogen-bond donors (Lipinski definition) is 2. The third-order valence-corrected chi connectivity index (χ3v) is 2.25. The van der Waals surface area contributed by atoms with Gasteiger partial charge in [-0.3, -0.25) is 0 Å². The maximum atomic E-state index is 9.14. The molecule has 2 rings (SSSR count). The Hall–Kier alpha value is -1.02. The zero-order valence-corrected chi connectivity index (χ0v) is 6.25. The minimum Gasteiger partial charge on any atom is -0.508 e. The monoisotopic (exact) mass is 149 g/mol. The average molecular weight is 149 g/mol. The summed E-state index contributed by atoms with van der Waals surface area (Å²) in [5, 5.41) is 9.14. The molecule has 3 N–H and O–H groups in total. The third-order valence-electron chi connectivity index (χ3n) is 2.25. The number of rotatable bonds is 0. The lowest BCUT2D eigenvalue weighted by Gasteiger charge is -2.03. The second-order valence-electron chi connectivity index (χ2n) is 3.03. The van der Waals surface area contributed by atoms with Gasteiger partial charge < -0.3 is 10.8 Å². The molecule has 0 radical (unpaired) electrons. The summed E-state index contributed by atoms with van der Waals surface area (Å²) in [4.78, 5) is 0. The van der Waals surface area contributed by atoms with Gasteiger partial charge in [0.2, 0.25) is 0 Å². The first-order valence-corrected chi connectivity index (χ1v) is 3.85. The number of nitrogens with two attached hydrogens (primary N) is 1. The summed E-state index contributed by atoms with van der Waals surface area (Å²) >= 11 is 0. The number of phenolic OH excluding ortho intramolecular Hbond substituents is 1. The van der Waals surface area contributed by atoms with Crippen molar-refractivity contribution in [3.05, 3.63) is 29.3 Å². The van der Waals surface area contributed by atoms with Crippen LogP contribution in [0.15, 0.2) is 18.2 Å². The van der Waals surface area contributed by atoms with Crippen LogP contribution in [0.4, 0.5) is 0 Å². The normalized spacial score (nSPS) is 21.7. The molecule has 0 amide bonds. The lowest BCUT2D eigenvalue weighted by atomic mass is 10.1. The topological polar surface area (TPSA) is 46.2 Å². The molecule has 1 aromatic carbocycles. The zero-order valence-electron chi connectivity index (χ0n) is 6.25. The molecule has 11 heavy (non-hydrogen) atoms. The molecule has 0 unspecified atom stereocenters. The van der Waals surface area contributed by atoms with Gasteiger partial charge in [-0.15, -0.1) is 0 Å². The van der Waals surface area contributed by atoms with E-state index in [9.17, 15) is 0 Å². The molecular weight excluding hydrogens is 138 g/mol. The van der Waals surface area contributed by atoms with Gasteiger partial charge in [0.15, 0.2) is 0 Å². The van der Waals surface area contributed by atoms with Gasteiger partial charge in [-0.1, -0.05) is 6.07 Å². The minimum absolute atomic E-state index is 0.186. The van der Waals surface area contributed by atoms with Gasteiger partial charge in [-0.25, -0.2) is 0 Å². The molecule has 1 aliphatic rings. The zero-order chi connectivity index (χ0) is 7.84. The van der Waals surface area contributed by atoms with Gasteiger partial charge in [0, 0.05) is 6.04 Å². The van der Waals surface area contributed by atoms with Gasteiger partial charge >= 0.3 is 0 Å². The van der Waals surface area contributed by atoms with Crippen LogP contribution in [0.3, 0.4) is 0 Å². The smallest absolute Gasteiger partial charge is 0.115 e. The van der Waals surface area contributed by atoms with Crippen LogP contribution < -0.4 is 5.73 Å². The van der Waals surface area contributed by atoms with E-state index in [2.05, 4.69) is 0 Å². The van der Waals surface area contributed by atoms with Crippen molar-refractivity contribution in [2.75, 3.05) is 0 Å². The van der Waals surface area contributed by atoms with Crippen molar-refractivity contribution < 1.29 is 5.11 Å². The molecule has 0 saturated carbocycles. The molecule has 2 heteroatoms. The predicted octanol–water partition coefficient (Wildman–Crippen LogP) is 1.34. The predicted molar refractivity (Wildman–Crippen MR) is 43.4 cm³/mol. The van der Waals surface area contributed by atoms with Gasteiger partial charge in [-0.05, 0) is 36.1 Å². The second kappa shape index (κ2) is 2.24. The van der Waals surface area contributed by atoms with Crippen molar-refractivity contribution in [2.24, 2.45) is 5.73 Å². The Morgan fingerprint density at radius 1 is 1.45 bits per heavy atom. The fourth-order valence-corrected chi connectivity index (χ4v) is 1.64. The van der Waals surface area contributed by atoms with Crippen molar-refractivity contribution in [2.45, 2.75) is 18.9 Å². The Morgan fingerprint density at radius 2 is 2.27 bits per heavy atom. The lowest BCUT2D eigenvalue weighted by molar-refractivity contribution is 0.474. The molecular formula is C9H11NO. The lowest BCUT2D eigenvalue weighted by Crippen LogP contribution is -2.04. The van der Waals surface area contributed by atoms with Crippen LogP contribution in [-0.2, 0) is 6.42 Å². The highest BCUT2D eigenvalue weighted by atomic mass is 16.3. The van der Waals surface area contributed by atoms with E-state index in [1.807, 2.05) is 12.1 Å². The average Bonchev–Trinajstić information content (AvgIpc) is 2.32. The standard InChI is InChI=1S/C9H11NO/c10-9-4-1-6-5-7(11)2-3-8(6)9/h2-3,5,9,11H,1,4,10H2/t9-/m1/s1. The number of aromatic hydroxyl groups is 1. The SMILES string of the molecule is N[C@@H]1CCc2cc(O)ccc21. The van der Waals surface area contributed by atoms with E-state index in [1.54, 1.807) is 6.07 Å². The highest BCUT2D eigenvalue weighted by molar-refractivity contribution is 5.39. The maximum Gasteiger partial charge on any atom is 0.115 e. The summed E-state index contributed by atoms with van der Waals surface area (Å²) in [5.74, 6) is 0.345. The Kier molecular flexibility index (Phi) is 1.36. The van der Waals surface area contributed by atoms with E-state index in [0.717, 1.165) is 12.8 Å². The van der Waals surface area contributed by atoms with E-state index in [0.29, 0.717) is 5.75 Å². The number of phenols is 1. The van der Waals surface area contributed by atoms with Crippen LogP contribution in [0, 0.1) is 0 Å². The van der Waals surface area contributed by atoms with Crippen LogP contribution in [0.2, 0.25) is 0 Å². The molecule has 2 nitrogen and oxygen atoms in total. The van der Waals surface area contributed by atoms with Gasteiger partial charge in [0.25, 0.3) is 0 Å². The number of hydrogen-bond acceptors (Lipinski definition) is 2. The van der Waals surface area contributed by atoms with Crippen LogP contribution in [0.1, 0.15) is 23.6 Å². The van der Waals surface area contributed by atoms with Crippen molar-refractivity contribution in [3.8, 4) is 5.75 Å². The first-order valence-electron chi connectivity index (χ1n) is 3.85. The van der Waals surface area contributed by atoms with Gasteiger partial charge in [0.1, 0.15) is 5.75 Å². The second-order valence-corrected chi connectivity index (χ2v) is 3.03. The van der Waals surface area contributed by atoms with Crippen molar-refractivity contribution >= 4 is 0 Å². The fourth-order valence-electron chi connectivity index (χ4n) is 1.64. The van der Waals surface area contributed by atoms with Crippen LogP contribution >= 0.6 is 0 Å². The molecule has 0 fully saturated rings. The van der Waals surface area contributed by atoms with Crippen molar-refractivity contribution in [1.29, 1.82) is 0 Å². The van der Waals surface area contributed by atoms with Crippen LogP contribution in [0.25, 0.3) is 0 Å². The highest BCUT2D eigenvalue weighted by Crippen LogP contribution is 2.31. The molecule has 0 bridgehead atoms. The summed E-state index contributed by atoms with van der Waals surface area (Å²) in [5.41, 5.74) is 8.22. The Morgan fingerprint density at radius 3 is 3.09 bits per heavy atom. The number of benzene rings is 1. The van der Waals surface area contributed by atoms with E-state index >= 15 is 0 Å². The first kappa shape index (κ1) is 6.68. The molecule has 0 heterocycles. The molecule has 0 spiro atoms. The van der Waals surface area contributed by atoms with Gasteiger partial charge in [-0.2, -0.15) is 0 Å². The van der Waals surface area contributed by atoms with Crippen molar-refractivity contribution in [3.63, 3.8) is 0 Å². The Labute approximate surface area is 65.7 Å². The summed E-state index contributed by atoms with van der Waals surface area (Å²) in [6.45, 7) is 0. The Balaban J connectivity index is 2.50. The molecule has 0 aromatic heterocycles. The molecule has 1 aliphatic carbocycles. The molecule has 1 aromatic rings. The summed E-state index contributed by atoms with van der Waals surface area (Å²) in [6.07, 6.45) is 2.02. The largest absolute Gasteiger partial charge is 0.508 e. The van der Waals surface area contributed by atoms with E-state index in [4.69, 9.17) is 10.8 Å². The highest BCUT2D eigenvalue weighted by Gasteiger charge is 2.18. The first-order chi connectivity index (χ1) is 5.27. The summed E-state index contributed by atoms with van der Waals surface area (Å²) in [6, 6.07) is 5.61. The number of fused-ring (bicyclic) bond motifs is 1. The van der Waals surface area contributed by atoms with E-state index in [1.165, 1.54) is 11.1 Å². The quantitative estimate of drug-likeness (QED) is 0.584. The number of aryl methyl sites for hydroxylation is 1. The summed E-state index contributed by atoms with van der Waals surface area (Å²) in [7, 11) is 0. The summed E-state index contributed by atoms with van der Waals surface area (Å²) < 4.78 is 0. The maximum absolute atomic E-state index is 9.14. The fraction of sp³-hybridized carbons (Fsp3) is 0.333. The molecule has 0 aliphatic heterocycles. The van der Waals surface area contributed by atoms with Gasteiger partial charge in [0.05, 0.1) is 0 Å². The minimum atomic E-state index is 0.186. The third kappa shape index (κ3) is 0.994. The van der Waals surface area contributed by atoms with E-state index < -0.39 is 0 Å². The van der Waals surface area contributed by atoms with Crippen LogP contribution in [0.5, 0.6) is 5.75 Å². The molecule has 58 valence electrons. The molecule has 0 saturated heterocycles. The van der Waals surface area contributed by atoms with Crippen LogP contribution in [-0.4, -0.2) is 5.11 Å². The molecule has 1 atom stereocenters. The van der Waals surface area contributed by atoms with E-state index in [-0.39, 0.29) is 6.04 Å².